The Bertz CT molecular complexity index is 454. The highest BCUT2D eigenvalue weighted by molar-refractivity contribution is 9.10. The molecule has 1 aliphatic rings. The normalized spacial score (nSPS) is 16.0. The maximum atomic E-state index is 11.9. The molecule has 4 nitrogen and oxygen atoms in total. The number of aryl methyl sites for hydroxylation is 1. The summed E-state index contributed by atoms with van der Waals surface area (Å²) in [4.78, 5) is 17.7. The van der Waals surface area contributed by atoms with Crippen LogP contribution in [0.5, 0.6) is 0 Å². The number of pyridine rings is 1. The fourth-order valence-electron chi connectivity index (χ4n) is 1.95. The van der Waals surface area contributed by atoms with E-state index in [0.29, 0.717) is 18.7 Å². The standard InChI is InChI=1S/C12H15BrN2O2/c1-12(2,17)7-15-10(16)4-3-8-5-9(13)6-14-11(8)15/h5-6,17H,3-4,7H2,1-2H3. The van der Waals surface area contributed by atoms with E-state index in [9.17, 15) is 9.90 Å². The summed E-state index contributed by atoms with van der Waals surface area (Å²) in [5.74, 6) is 0.695. The second-order valence-electron chi connectivity index (χ2n) is 4.93. The van der Waals surface area contributed by atoms with Crippen molar-refractivity contribution < 1.29 is 9.90 Å². The number of nitrogens with zero attached hydrogens (tertiary/aromatic N) is 2. The first-order valence-electron chi connectivity index (χ1n) is 5.54. The van der Waals surface area contributed by atoms with Crippen LogP contribution in [-0.2, 0) is 11.2 Å². The van der Waals surface area contributed by atoms with Gasteiger partial charge in [0, 0.05) is 17.1 Å². The molecule has 0 aliphatic carbocycles. The summed E-state index contributed by atoms with van der Waals surface area (Å²) in [6, 6.07) is 1.98. The number of hydrogen-bond acceptors (Lipinski definition) is 3. The van der Waals surface area contributed by atoms with Gasteiger partial charge in [0.15, 0.2) is 0 Å². The van der Waals surface area contributed by atoms with Crippen molar-refractivity contribution in [1.82, 2.24) is 4.98 Å². The molecule has 2 heterocycles. The highest BCUT2D eigenvalue weighted by Crippen LogP contribution is 2.28. The van der Waals surface area contributed by atoms with Crippen LogP contribution in [0, 0.1) is 0 Å². The SMILES string of the molecule is CC(C)(O)CN1C(=O)CCc2cc(Br)cnc21. The lowest BCUT2D eigenvalue weighted by molar-refractivity contribution is -0.119. The zero-order valence-corrected chi connectivity index (χ0v) is 11.5. The molecule has 0 fully saturated rings. The first-order valence-corrected chi connectivity index (χ1v) is 6.33. The fourth-order valence-corrected chi connectivity index (χ4v) is 2.32. The summed E-state index contributed by atoms with van der Waals surface area (Å²) in [6.45, 7) is 3.65. The average molecular weight is 299 g/mol. The molecule has 0 bridgehead atoms. The number of fused-ring (bicyclic) bond motifs is 1. The van der Waals surface area contributed by atoms with E-state index in [1.807, 2.05) is 6.07 Å². The van der Waals surface area contributed by atoms with Crippen molar-refractivity contribution in [3.05, 3.63) is 22.3 Å². The van der Waals surface area contributed by atoms with Gasteiger partial charge in [-0.25, -0.2) is 4.98 Å². The van der Waals surface area contributed by atoms with Crippen LogP contribution < -0.4 is 4.90 Å². The number of rotatable bonds is 2. The van der Waals surface area contributed by atoms with E-state index in [-0.39, 0.29) is 12.5 Å². The largest absolute Gasteiger partial charge is 0.389 e. The number of β-amino-alcohol motifs (C(OH)–C–C–N with tert-alkyl or cyclic N) is 1. The zero-order valence-electron chi connectivity index (χ0n) is 9.90. The first-order chi connectivity index (χ1) is 7.87. The van der Waals surface area contributed by atoms with Gasteiger partial charge < -0.3 is 5.11 Å². The number of carbonyl (C=O) groups excluding carboxylic acids is 1. The number of carbonyl (C=O) groups is 1. The second-order valence-corrected chi connectivity index (χ2v) is 5.84. The monoisotopic (exact) mass is 298 g/mol. The minimum Gasteiger partial charge on any atom is -0.389 e. The summed E-state index contributed by atoms with van der Waals surface area (Å²) >= 11 is 3.37. The molecule has 0 aromatic carbocycles. The van der Waals surface area contributed by atoms with Crippen LogP contribution in [-0.4, -0.2) is 28.1 Å². The smallest absolute Gasteiger partial charge is 0.228 e. The summed E-state index contributed by atoms with van der Waals surface area (Å²) in [5, 5.41) is 9.84. The number of hydrogen-bond donors (Lipinski definition) is 1. The Balaban J connectivity index is 2.37. The molecule has 0 saturated carbocycles. The highest BCUT2D eigenvalue weighted by Gasteiger charge is 2.29. The van der Waals surface area contributed by atoms with E-state index >= 15 is 0 Å². The van der Waals surface area contributed by atoms with Crippen LogP contribution >= 0.6 is 15.9 Å². The molecule has 2 rings (SSSR count). The molecular formula is C12H15BrN2O2. The third kappa shape index (κ3) is 2.84. The lowest BCUT2D eigenvalue weighted by Crippen LogP contribution is -2.45. The van der Waals surface area contributed by atoms with Gasteiger partial charge in [0.2, 0.25) is 5.91 Å². The Morgan fingerprint density at radius 1 is 1.53 bits per heavy atom. The van der Waals surface area contributed by atoms with E-state index in [1.54, 1.807) is 24.9 Å². The molecule has 92 valence electrons. The molecule has 0 spiro atoms. The highest BCUT2D eigenvalue weighted by atomic mass is 79.9. The van der Waals surface area contributed by atoms with Gasteiger partial charge >= 0.3 is 0 Å². The topological polar surface area (TPSA) is 53.4 Å². The number of aliphatic hydroxyl groups is 1. The molecule has 1 N–H and O–H groups in total. The minimum absolute atomic E-state index is 0.0226. The molecule has 1 aromatic heterocycles. The number of amides is 1. The van der Waals surface area contributed by atoms with Gasteiger partial charge in [0.25, 0.3) is 0 Å². The third-order valence-corrected chi connectivity index (χ3v) is 3.05. The maximum Gasteiger partial charge on any atom is 0.228 e. The van der Waals surface area contributed by atoms with Crippen molar-refractivity contribution in [3.63, 3.8) is 0 Å². The van der Waals surface area contributed by atoms with E-state index in [1.165, 1.54) is 0 Å². The van der Waals surface area contributed by atoms with Crippen LogP contribution in [0.2, 0.25) is 0 Å². The lowest BCUT2D eigenvalue weighted by Gasteiger charge is -2.32. The van der Waals surface area contributed by atoms with Crippen LogP contribution in [0.4, 0.5) is 5.82 Å². The Hall–Kier alpha value is -0.940. The summed E-state index contributed by atoms with van der Waals surface area (Å²) < 4.78 is 0.911. The molecular weight excluding hydrogens is 284 g/mol. The number of halogens is 1. The van der Waals surface area contributed by atoms with Crippen molar-refractivity contribution in [2.75, 3.05) is 11.4 Å². The Morgan fingerprint density at radius 3 is 2.88 bits per heavy atom. The Morgan fingerprint density at radius 2 is 2.24 bits per heavy atom. The molecule has 0 unspecified atom stereocenters. The summed E-state index contributed by atoms with van der Waals surface area (Å²) in [7, 11) is 0. The molecule has 5 heteroatoms. The third-order valence-electron chi connectivity index (χ3n) is 2.62. The molecule has 1 amide bonds. The van der Waals surface area contributed by atoms with E-state index < -0.39 is 5.60 Å². The van der Waals surface area contributed by atoms with Gasteiger partial charge in [0.1, 0.15) is 5.82 Å². The molecule has 0 saturated heterocycles. The first kappa shape index (κ1) is 12.5. The minimum atomic E-state index is -0.918. The van der Waals surface area contributed by atoms with Crippen molar-refractivity contribution >= 4 is 27.7 Å². The van der Waals surface area contributed by atoms with Gasteiger partial charge in [-0.15, -0.1) is 0 Å². The molecule has 1 aliphatic heterocycles. The summed E-state index contributed by atoms with van der Waals surface area (Å²) in [5.41, 5.74) is 0.127. The van der Waals surface area contributed by atoms with E-state index in [4.69, 9.17) is 0 Å². The fraction of sp³-hybridized carbons (Fsp3) is 0.500. The van der Waals surface area contributed by atoms with Crippen molar-refractivity contribution in [3.8, 4) is 0 Å². The van der Waals surface area contributed by atoms with Crippen molar-refractivity contribution in [2.24, 2.45) is 0 Å². The Kier molecular flexibility index (Phi) is 3.23. The quantitative estimate of drug-likeness (QED) is 0.907. The summed E-state index contributed by atoms with van der Waals surface area (Å²) in [6.07, 6.45) is 2.86. The van der Waals surface area contributed by atoms with Crippen LogP contribution in [0.1, 0.15) is 25.8 Å². The van der Waals surface area contributed by atoms with Crippen molar-refractivity contribution in [1.29, 1.82) is 0 Å². The molecule has 0 atom stereocenters. The van der Waals surface area contributed by atoms with Gasteiger partial charge in [0.05, 0.1) is 12.1 Å². The van der Waals surface area contributed by atoms with Crippen molar-refractivity contribution in [2.45, 2.75) is 32.3 Å². The van der Waals surface area contributed by atoms with E-state index in [2.05, 4.69) is 20.9 Å². The lowest BCUT2D eigenvalue weighted by atomic mass is 10.0. The van der Waals surface area contributed by atoms with Gasteiger partial charge in [-0.3, -0.25) is 9.69 Å². The Labute approximate surface area is 109 Å². The molecule has 1 aromatic rings. The predicted octanol–water partition coefficient (Wildman–Crippen LogP) is 1.89. The maximum absolute atomic E-state index is 11.9. The average Bonchev–Trinajstić information content (AvgIpc) is 2.21. The molecule has 17 heavy (non-hydrogen) atoms. The van der Waals surface area contributed by atoms with Gasteiger partial charge in [-0.1, -0.05) is 0 Å². The zero-order chi connectivity index (χ0) is 12.6. The van der Waals surface area contributed by atoms with Crippen LogP contribution in [0.15, 0.2) is 16.7 Å². The van der Waals surface area contributed by atoms with Crippen LogP contribution in [0.3, 0.4) is 0 Å². The van der Waals surface area contributed by atoms with Crippen LogP contribution in [0.25, 0.3) is 0 Å². The van der Waals surface area contributed by atoms with E-state index in [0.717, 1.165) is 10.0 Å². The predicted molar refractivity (Wildman–Crippen MR) is 68.9 cm³/mol. The molecule has 0 radical (unpaired) electrons. The number of aromatic nitrogens is 1. The van der Waals surface area contributed by atoms with Gasteiger partial charge in [-0.2, -0.15) is 0 Å². The second kappa shape index (κ2) is 4.38. The number of anilines is 1. The van der Waals surface area contributed by atoms with Gasteiger partial charge in [-0.05, 0) is 47.8 Å².